The largest absolute Gasteiger partial charge is 0.489 e. The second-order valence-corrected chi connectivity index (χ2v) is 8.14. The van der Waals surface area contributed by atoms with Crippen molar-refractivity contribution in [1.82, 2.24) is 0 Å². The molecule has 21 heavy (non-hydrogen) atoms. The molecule has 0 amide bonds. The van der Waals surface area contributed by atoms with Crippen molar-refractivity contribution in [3.63, 3.8) is 0 Å². The number of ether oxygens (including phenoxy) is 1. The molecule has 2 saturated carbocycles. The minimum absolute atomic E-state index is 0.109. The van der Waals surface area contributed by atoms with Gasteiger partial charge >= 0.3 is 0 Å². The van der Waals surface area contributed by atoms with Crippen molar-refractivity contribution in [3.05, 3.63) is 29.3 Å². The molecule has 3 rings (SSSR count). The van der Waals surface area contributed by atoms with Gasteiger partial charge in [0.05, 0.1) is 0 Å². The van der Waals surface area contributed by atoms with Gasteiger partial charge in [-0.2, -0.15) is 0 Å². The summed E-state index contributed by atoms with van der Waals surface area (Å²) in [6.45, 7) is 8.89. The predicted molar refractivity (Wildman–Crippen MR) is 87.8 cm³/mol. The average molecular weight is 287 g/mol. The van der Waals surface area contributed by atoms with Gasteiger partial charge in [-0.1, -0.05) is 45.7 Å². The normalized spacial score (nSPS) is 27.7. The van der Waals surface area contributed by atoms with E-state index in [1.807, 2.05) is 0 Å². The van der Waals surface area contributed by atoms with E-state index < -0.39 is 0 Å². The zero-order valence-electron chi connectivity index (χ0n) is 13.9. The maximum absolute atomic E-state index is 6.52. The van der Waals surface area contributed by atoms with Crippen LogP contribution in [-0.2, 0) is 5.41 Å². The van der Waals surface area contributed by atoms with Crippen molar-refractivity contribution in [3.8, 4) is 5.75 Å². The topological polar surface area (TPSA) is 35.2 Å². The van der Waals surface area contributed by atoms with Gasteiger partial charge in [0.2, 0.25) is 0 Å². The van der Waals surface area contributed by atoms with Crippen LogP contribution >= 0.6 is 0 Å². The third kappa shape index (κ3) is 2.48. The molecule has 2 nitrogen and oxygen atoms in total. The fourth-order valence-electron chi connectivity index (χ4n) is 4.17. The van der Waals surface area contributed by atoms with Gasteiger partial charge in [-0.3, -0.25) is 0 Å². The lowest BCUT2D eigenvalue weighted by molar-refractivity contribution is -0.0627. The highest BCUT2D eigenvalue weighted by molar-refractivity contribution is 5.42. The molecule has 2 atom stereocenters. The average Bonchev–Trinajstić information content (AvgIpc) is 2.89. The van der Waals surface area contributed by atoms with E-state index in [2.05, 4.69) is 45.9 Å². The van der Waals surface area contributed by atoms with Crippen molar-refractivity contribution >= 4 is 0 Å². The Kier molecular flexibility index (Phi) is 3.56. The molecule has 2 fully saturated rings. The summed E-state index contributed by atoms with van der Waals surface area (Å²) >= 11 is 0. The molecule has 1 aromatic carbocycles. The van der Waals surface area contributed by atoms with Gasteiger partial charge in [0, 0.05) is 17.9 Å². The Bertz CT molecular complexity index is 523. The van der Waals surface area contributed by atoms with E-state index in [1.165, 1.54) is 36.8 Å². The lowest BCUT2D eigenvalue weighted by Gasteiger charge is -2.52. The van der Waals surface area contributed by atoms with Crippen LogP contribution in [0.4, 0.5) is 0 Å². The van der Waals surface area contributed by atoms with Crippen LogP contribution in [0.5, 0.6) is 5.75 Å². The smallest absolute Gasteiger partial charge is 0.123 e. The summed E-state index contributed by atoms with van der Waals surface area (Å²) in [5, 5.41) is 0. The Hall–Kier alpha value is -1.02. The van der Waals surface area contributed by atoms with Crippen LogP contribution < -0.4 is 10.5 Å². The molecule has 1 spiro atoms. The molecule has 2 aliphatic carbocycles. The summed E-state index contributed by atoms with van der Waals surface area (Å²) in [7, 11) is 0. The number of rotatable bonds is 2. The molecule has 0 radical (unpaired) electrons. The molecule has 2 aliphatic rings. The zero-order valence-corrected chi connectivity index (χ0v) is 13.9. The number of nitrogens with two attached hydrogens (primary N) is 1. The first-order chi connectivity index (χ1) is 9.83. The molecule has 0 bridgehead atoms. The zero-order chi connectivity index (χ0) is 15.3. The Morgan fingerprint density at radius 2 is 1.86 bits per heavy atom. The molecular formula is C19H29NO. The van der Waals surface area contributed by atoms with E-state index in [0.29, 0.717) is 12.1 Å². The van der Waals surface area contributed by atoms with Gasteiger partial charge in [-0.05, 0) is 42.4 Å². The van der Waals surface area contributed by atoms with E-state index in [-0.39, 0.29) is 10.8 Å². The molecular weight excluding hydrogens is 258 g/mol. The van der Waals surface area contributed by atoms with E-state index in [0.717, 1.165) is 12.2 Å². The Morgan fingerprint density at radius 3 is 2.43 bits per heavy atom. The van der Waals surface area contributed by atoms with Crippen LogP contribution in [0.3, 0.4) is 0 Å². The first kappa shape index (κ1) is 14.9. The molecule has 116 valence electrons. The van der Waals surface area contributed by atoms with Gasteiger partial charge in [-0.25, -0.2) is 0 Å². The van der Waals surface area contributed by atoms with Crippen molar-refractivity contribution in [1.29, 1.82) is 0 Å². The first-order valence-electron chi connectivity index (χ1n) is 8.36. The number of benzene rings is 1. The van der Waals surface area contributed by atoms with Crippen LogP contribution in [0.25, 0.3) is 0 Å². The van der Waals surface area contributed by atoms with Crippen molar-refractivity contribution in [2.45, 2.75) is 77.4 Å². The van der Waals surface area contributed by atoms with Gasteiger partial charge in [0.25, 0.3) is 0 Å². The molecule has 0 heterocycles. The highest BCUT2D eigenvalue weighted by Crippen LogP contribution is 2.54. The monoisotopic (exact) mass is 287 g/mol. The molecule has 1 aromatic rings. The minimum Gasteiger partial charge on any atom is -0.489 e. The number of hydrogen-bond acceptors (Lipinski definition) is 2. The summed E-state index contributed by atoms with van der Waals surface area (Å²) in [6, 6.07) is 6.95. The Morgan fingerprint density at radius 1 is 1.19 bits per heavy atom. The lowest BCUT2D eigenvalue weighted by atomic mass is 9.61. The van der Waals surface area contributed by atoms with E-state index in [4.69, 9.17) is 10.5 Å². The second kappa shape index (κ2) is 5.01. The first-order valence-corrected chi connectivity index (χ1v) is 8.36. The summed E-state index contributed by atoms with van der Waals surface area (Å²) in [5.41, 5.74) is 9.28. The van der Waals surface area contributed by atoms with Gasteiger partial charge in [-0.15, -0.1) is 0 Å². The van der Waals surface area contributed by atoms with Crippen LogP contribution in [0.15, 0.2) is 18.2 Å². The highest BCUT2D eigenvalue weighted by atomic mass is 16.5. The summed E-state index contributed by atoms with van der Waals surface area (Å²) in [5.74, 6) is 1.07. The molecule has 2 heteroatoms. The lowest BCUT2D eigenvalue weighted by Crippen LogP contribution is -2.62. The number of aryl methyl sites for hydroxylation is 1. The Labute approximate surface area is 129 Å². The van der Waals surface area contributed by atoms with E-state index in [1.54, 1.807) is 0 Å². The van der Waals surface area contributed by atoms with Crippen LogP contribution in [0, 0.1) is 12.3 Å². The van der Waals surface area contributed by atoms with Gasteiger partial charge in [0.1, 0.15) is 11.9 Å². The van der Waals surface area contributed by atoms with Crippen LogP contribution in [0.1, 0.15) is 64.0 Å². The number of hydrogen-bond donors (Lipinski definition) is 1. The summed E-state index contributed by atoms with van der Waals surface area (Å²) in [4.78, 5) is 0. The Balaban J connectivity index is 1.87. The second-order valence-electron chi connectivity index (χ2n) is 8.14. The van der Waals surface area contributed by atoms with Gasteiger partial charge < -0.3 is 10.5 Å². The molecule has 2 N–H and O–H groups in total. The van der Waals surface area contributed by atoms with E-state index >= 15 is 0 Å². The third-order valence-corrected chi connectivity index (χ3v) is 5.60. The summed E-state index contributed by atoms with van der Waals surface area (Å²) in [6.07, 6.45) is 6.45. The quantitative estimate of drug-likeness (QED) is 0.878. The maximum atomic E-state index is 6.52. The molecule has 2 unspecified atom stereocenters. The van der Waals surface area contributed by atoms with Crippen molar-refractivity contribution < 1.29 is 4.74 Å². The van der Waals surface area contributed by atoms with Crippen molar-refractivity contribution in [2.24, 2.45) is 11.1 Å². The van der Waals surface area contributed by atoms with E-state index in [9.17, 15) is 0 Å². The predicted octanol–water partition coefficient (Wildman–Crippen LogP) is 4.33. The fourth-order valence-corrected chi connectivity index (χ4v) is 4.17. The fraction of sp³-hybridized carbons (Fsp3) is 0.684. The van der Waals surface area contributed by atoms with Crippen molar-refractivity contribution in [2.75, 3.05) is 0 Å². The minimum atomic E-state index is 0.109. The highest BCUT2D eigenvalue weighted by Gasteiger charge is 2.56. The summed E-state index contributed by atoms with van der Waals surface area (Å²) < 4.78 is 6.52. The third-order valence-electron chi connectivity index (χ3n) is 5.60. The standard InChI is InChI=1S/C19H29NO/c1-13-7-8-14(18(2,3)4)15(11-13)21-17-12-16(20)19(17)9-5-6-10-19/h7-8,11,16-17H,5-6,9-10,12,20H2,1-4H3. The van der Waals surface area contributed by atoms with Crippen LogP contribution in [-0.4, -0.2) is 12.1 Å². The molecule has 0 saturated heterocycles. The maximum Gasteiger partial charge on any atom is 0.123 e. The van der Waals surface area contributed by atoms with Crippen LogP contribution in [0.2, 0.25) is 0 Å². The molecule has 0 aliphatic heterocycles. The SMILES string of the molecule is Cc1ccc(C(C)(C)C)c(OC2CC(N)C23CCCC3)c1. The molecule has 0 aromatic heterocycles. The van der Waals surface area contributed by atoms with Gasteiger partial charge in [0.15, 0.2) is 0 Å².